The van der Waals surface area contributed by atoms with Crippen LogP contribution < -0.4 is 9.47 Å². The number of hydrogen-bond donors (Lipinski definition) is 1. The number of amides is 1. The molecule has 0 bridgehead atoms. The Morgan fingerprint density at radius 3 is 2.55 bits per heavy atom. The summed E-state index contributed by atoms with van der Waals surface area (Å²) in [4.78, 5) is 19.6. The number of rotatable bonds is 6. The van der Waals surface area contributed by atoms with Gasteiger partial charge in [0.25, 0.3) is 5.91 Å². The average molecular weight is 399 g/mol. The molecule has 1 aliphatic carbocycles. The van der Waals surface area contributed by atoms with Crippen molar-refractivity contribution >= 4 is 5.91 Å². The van der Waals surface area contributed by atoms with Crippen molar-refractivity contribution in [1.29, 1.82) is 0 Å². The molecule has 1 aromatic carbocycles. The molecule has 1 saturated carbocycles. The van der Waals surface area contributed by atoms with Crippen LogP contribution in [0.5, 0.6) is 11.5 Å². The highest BCUT2D eigenvalue weighted by Crippen LogP contribution is 2.52. The maximum absolute atomic E-state index is 12.9. The fourth-order valence-electron chi connectivity index (χ4n) is 4.73. The Labute approximate surface area is 171 Å². The van der Waals surface area contributed by atoms with Crippen LogP contribution in [0.25, 0.3) is 0 Å². The van der Waals surface area contributed by atoms with Crippen molar-refractivity contribution in [2.24, 2.45) is 5.41 Å². The summed E-state index contributed by atoms with van der Waals surface area (Å²) < 4.78 is 10.9. The van der Waals surface area contributed by atoms with Crippen LogP contribution in [0.3, 0.4) is 0 Å². The number of carbonyl (C=O) groups excluding carboxylic acids is 1. The zero-order valence-corrected chi connectivity index (χ0v) is 17.5. The number of benzene rings is 1. The number of methoxy groups -OCH3 is 1. The molecule has 4 rings (SSSR count). The number of likely N-dealkylation sites (tertiary alicyclic amines) is 1. The van der Waals surface area contributed by atoms with E-state index >= 15 is 0 Å². The molecule has 0 radical (unpaired) electrons. The van der Waals surface area contributed by atoms with Crippen LogP contribution in [-0.4, -0.2) is 52.8 Å². The summed E-state index contributed by atoms with van der Waals surface area (Å²) in [6.07, 6.45) is 4.70. The third-order valence-corrected chi connectivity index (χ3v) is 6.39. The van der Waals surface area contributed by atoms with E-state index in [1.165, 1.54) is 12.8 Å². The van der Waals surface area contributed by atoms with Gasteiger partial charge >= 0.3 is 0 Å². The predicted molar refractivity (Wildman–Crippen MR) is 109 cm³/mol. The lowest BCUT2D eigenvalue weighted by molar-refractivity contribution is -0.132. The maximum atomic E-state index is 12.9. The second kappa shape index (κ2) is 8.05. The van der Waals surface area contributed by atoms with Gasteiger partial charge in [-0.2, -0.15) is 5.10 Å². The minimum absolute atomic E-state index is 0.0261. The number of H-pyrrole nitrogens is 1. The van der Waals surface area contributed by atoms with Crippen LogP contribution >= 0.6 is 0 Å². The van der Waals surface area contributed by atoms with Crippen LogP contribution in [0.1, 0.15) is 63.0 Å². The van der Waals surface area contributed by atoms with E-state index < -0.39 is 0 Å². The Bertz CT molecular complexity index is 840. The van der Waals surface area contributed by atoms with Crippen molar-refractivity contribution in [3.63, 3.8) is 0 Å². The average Bonchev–Trinajstić information content (AvgIpc) is 3.47. The van der Waals surface area contributed by atoms with E-state index in [-0.39, 0.29) is 29.8 Å². The van der Waals surface area contributed by atoms with E-state index in [1.54, 1.807) is 7.11 Å². The second-order valence-corrected chi connectivity index (χ2v) is 8.59. The number of nitrogens with one attached hydrogen (secondary N) is 1. The molecule has 7 heteroatoms. The molecule has 156 valence electrons. The molecule has 2 fully saturated rings. The highest BCUT2D eigenvalue weighted by atomic mass is 16.5. The number of nitrogens with zero attached hydrogens (tertiary/aromatic N) is 3. The van der Waals surface area contributed by atoms with Crippen molar-refractivity contribution in [2.45, 2.75) is 51.4 Å². The van der Waals surface area contributed by atoms with Crippen molar-refractivity contribution < 1.29 is 14.3 Å². The van der Waals surface area contributed by atoms with Gasteiger partial charge in [-0.1, -0.05) is 26.7 Å². The summed E-state index contributed by atoms with van der Waals surface area (Å²) in [7, 11) is 1.63. The minimum Gasteiger partial charge on any atom is -0.497 e. The number of aromatic nitrogens is 3. The van der Waals surface area contributed by atoms with Gasteiger partial charge in [0, 0.05) is 24.9 Å². The summed E-state index contributed by atoms with van der Waals surface area (Å²) in [6, 6.07) is 7.30. The van der Waals surface area contributed by atoms with Gasteiger partial charge in [-0.3, -0.25) is 9.89 Å². The SMILES string of the molecule is COc1ccc(OCC(=O)N2CC(c3nc(C(C)C)n[nH]3)C3(CCCC3)C2)cc1. The Morgan fingerprint density at radius 2 is 1.93 bits per heavy atom. The van der Waals surface area contributed by atoms with Gasteiger partial charge in [-0.05, 0) is 42.5 Å². The molecule has 1 amide bonds. The molecular formula is C22H30N4O3. The van der Waals surface area contributed by atoms with Gasteiger partial charge in [0.2, 0.25) is 0 Å². The number of hydrogen-bond acceptors (Lipinski definition) is 5. The summed E-state index contributed by atoms with van der Waals surface area (Å²) in [5.74, 6) is 3.75. The van der Waals surface area contributed by atoms with Crippen molar-refractivity contribution in [3.05, 3.63) is 35.9 Å². The van der Waals surface area contributed by atoms with Crippen LogP contribution in [-0.2, 0) is 4.79 Å². The molecule has 1 aromatic heterocycles. The Morgan fingerprint density at radius 1 is 1.24 bits per heavy atom. The standard InChI is InChI=1S/C22H30N4O3/c1-15(2)20-23-21(25-24-20)18-12-26(14-22(18)10-4-5-11-22)19(27)13-29-17-8-6-16(28-3)7-9-17/h6-9,15,18H,4-5,10-14H2,1-3H3,(H,23,24,25). The Kier molecular flexibility index (Phi) is 5.48. The number of carbonyl (C=O) groups is 1. The zero-order chi connectivity index (χ0) is 20.4. The maximum Gasteiger partial charge on any atom is 0.260 e. The summed E-state index contributed by atoms with van der Waals surface area (Å²) in [5, 5.41) is 7.57. The molecule has 1 N–H and O–H groups in total. The smallest absolute Gasteiger partial charge is 0.260 e. The van der Waals surface area contributed by atoms with Crippen LogP contribution in [0.2, 0.25) is 0 Å². The van der Waals surface area contributed by atoms with Gasteiger partial charge in [0.1, 0.15) is 17.3 Å². The van der Waals surface area contributed by atoms with Gasteiger partial charge in [0.05, 0.1) is 7.11 Å². The summed E-state index contributed by atoms with van der Waals surface area (Å²) in [6.45, 7) is 5.69. The summed E-state index contributed by atoms with van der Waals surface area (Å²) in [5.41, 5.74) is 0.115. The van der Waals surface area contributed by atoms with Crippen molar-refractivity contribution in [1.82, 2.24) is 20.1 Å². The van der Waals surface area contributed by atoms with E-state index in [0.29, 0.717) is 12.3 Å². The first-order valence-corrected chi connectivity index (χ1v) is 10.5. The third-order valence-electron chi connectivity index (χ3n) is 6.39. The highest BCUT2D eigenvalue weighted by molar-refractivity contribution is 5.78. The van der Waals surface area contributed by atoms with Crippen LogP contribution in [0, 0.1) is 5.41 Å². The lowest BCUT2D eigenvalue weighted by Gasteiger charge is -2.28. The molecule has 1 aliphatic heterocycles. The van der Waals surface area contributed by atoms with Crippen molar-refractivity contribution in [3.8, 4) is 11.5 Å². The molecule has 1 atom stereocenters. The Hall–Kier alpha value is -2.57. The van der Waals surface area contributed by atoms with Crippen molar-refractivity contribution in [2.75, 3.05) is 26.8 Å². The molecule has 2 aliphatic rings. The van der Waals surface area contributed by atoms with Gasteiger partial charge < -0.3 is 14.4 Å². The molecular weight excluding hydrogens is 368 g/mol. The Balaban J connectivity index is 1.44. The fraction of sp³-hybridized carbons (Fsp3) is 0.591. The molecule has 29 heavy (non-hydrogen) atoms. The number of aromatic amines is 1. The third kappa shape index (κ3) is 3.95. The van der Waals surface area contributed by atoms with Gasteiger partial charge in [-0.25, -0.2) is 4.98 Å². The monoisotopic (exact) mass is 398 g/mol. The fourth-order valence-corrected chi connectivity index (χ4v) is 4.73. The second-order valence-electron chi connectivity index (χ2n) is 8.59. The lowest BCUT2D eigenvalue weighted by atomic mass is 9.76. The summed E-state index contributed by atoms with van der Waals surface area (Å²) >= 11 is 0. The van der Waals surface area contributed by atoms with Crippen LogP contribution in [0.15, 0.2) is 24.3 Å². The molecule has 1 unspecified atom stereocenters. The van der Waals surface area contributed by atoms with Gasteiger partial charge in [-0.15, -0.1) is 0 Å². The first kappa shape index (κ1) is 19.7. The van der Waals surface area contributed by atoms with E-state index in [4.69, 9.17) is 14.5 Å². The van der Waals surface area contributed by atoms with Crippen LogP contribution in [0.4, 0.5) is 0 Å². The topological polar surface area (TPSA) is 80.3 Å². The largest absolute Gasteiger partial charge is 0.497 e. The zero-order valence-electron chi connectivity index (χ0n) is 17.5. The highest BCUT2D eigenvalue weighted by Gasteiger charge is 2.51. The molecule has 1 saturated heterocycles. The van der Waals surface area contributed by atoms with E-state index in [9.17, 15) is 4.79 Å². The molecule has 2 aromatic rings. The first-order valence-electron chi connectivity index (χ1n) is 10.5. The number of ether oxygens (including phenoxy) is 2. The lowest BCUT2D eigenvalue weighted by Crippen LogP contribution is -2.34. The van der Waals surface area contributed by atoms with Gasteiger partial charge in [0.15, 0.2) is 12.4 Å². The minimum atomic E-state index is 0.0261. The van der Waals surface area contributed by atoms with E-state index in [0.717, 1.165) is 36.8 Å². The first-order chi connectivity index (χ1) is 14.0. The molecule has 7 nitrogen and oxygen atoms in total. The van der Waals surface area contributed by atoms with E-state index in [1.807, 2.05) is 29.2 Å². The van der Waals surface area contributed by atoms with E-state index in [2.05, 4.69) is 24.0 Å². The quantitative estimate of drug-likeness (QED) is 0.805. The predicted octanol–water partition coefficient (Wildman–Crippen LogP) is 3.50. The molecule has 1 spiro atoms. The normalized spacial score (nSPS) is 20.6. The molecule has 2 heterocycles.